The molecule has 30 heavy (non-hydrogen) atoms. The van der Waals surface area contributed by atoms with Crippen LogP contribution in [0.15, 0.2) is 12.1 Å². The number of aliphatic hydroxyl groups is 1. The normalized spacial score (nSPS) is 45.0. The van der Waals surface area contributed by atoms with Crippen LogP contribution in [0.4, 0.5) is 0 Å². The average molecular weight is 414 g/mol. The highest BCUT2D eigenvalue weighted by molar-refractivity contribution is 5.61. The Morgan fingerprint density at radius 2 is 2.10 bits per heavy atom. The summed E-state index contributed by atoms with van der Waals surface area (Å²) in [4.78, 5) is 2.55. The molecular weight excluding hydrogens is 378 g/mol. The lowest BCUT2D eigenvalue weighted by Crippen LogP contribution is -2.82. The smallest absolute Gasteiger partial charge is 0.138 e. The molecule has 0 radical (unpaired) electrons. The molecular formula is C25H35NO4. The summed E-state index contributed by atoms with van der Waals surface area (Å²) in [5.74, 6) is 1.20. The molecule has 2 aliphatic heterocycles. The van der Waals surface area contributed by atoms with Gasteiger partial charge in [-0.1, -0.05) is 13.3 Å². The van der Waals surface area contributed by atoms with E-state index in [1.807, 2.05) is 26.2 Å². The molecule has 164 valence electrons. The van der Waals surface area contributed by atoms with Gasteiger partial charge >= 0.3 is 0 Å². The van der Waals surface area contributed by atoms with Gasteiger partial charge in [0.25, 0.3) is 0 Å². The molecule has 2 spiro atoms. The van der Waals surface area contributed by atoms with Gasteiger partial charge < -0.3 is 24.6 Å². The summed E-state index contributed by atoms with van der Waals surface area (Å²) in [7, 11) is 4.09. The number of phenols is 1. The van der Waals surface area contributed by atoms with Crippen molar-refractivity contribution < 1.29 is 19.7 Å². The van der Waals surface area contributed by atoms with Crippen LogP contribution in [0.1, 0.15) is 63.5 Å². The van der Waals surface area contributed by atoms with Gasteiger partial charge in [-0.25, -0.2) is 0 Å². The molecule has 2 heterocycles. The van der Waals surface area contributed by atoms with Crippen LogP contribution >= 0.6 is 0 Å². The van der Waals surface area contributed by atoms with Gasteiger partial charge in [0.2, 0.25) is 0 Å². The lowest BCUT2D eigenvalue weighted by molar-refractivity contribution is -0.301. The standard InChI is InChI=1S/C25H35NO4/c1-5-6-22(2,28)18-14-23-7-8-25(18,29-4)21-24(23)9-10-26(3)19(23)12-15-11-16(27)13-17(30-21)20(15)24/h11,13,18-19,21,27-28H,5-10,12,14H2,1-4H3. The highest BCUT2D eigenvalue weighted by Gasteiger charge is 2.81. The zero-order valence-electron chi connectivity index (χ0n) is 18.7. The van der Waals surface area contributed by atoms with Gasteiger partial charge in [0, 0.05) is 41.5 Å². The third kappa shape index (κ3) is 1.89. The first kappa shape index (κ1) is 19.4. The molecule has 1 saturated heterocycles. The number of nitrogens with zero attached hydrogens (tertiary/aromatic N) is 1. The summed E-state index contributed by atoms with van der Waals surface area (Å²) in [6.07, 6.45) is 6.68. The molecule has 6 aliphatic rings. The summed E-state index contributed by atoms with van der Waals surface area (Å²) in [6.45, 7) is 5.23. The first-order valence-electron chi connectivity index (χ1n) is 11.8. The average Bonchev–Trinajstić information content (AvgIpc) is 3.05. The van der Waals surface area contributed by atoms with Gasteiger partial charge in [0.05, 0.1) is 5.60 Å². The van der Waals surface area contributed by atoms with Crippen molar-refractivity contribution in [2.75, 3.05) is 20.7 Å². The number of ether oxygens (including phenoxy) is 2. The number of phenolic OH excluding ortho intramolecular Hbond substituents is 1. The molecule has 4 fully saturated rings. The molecule has 4 aliphatic carbocycles. The minimum absolute atomic E-state index is 0.0419. The SMILES string of the molecule is CCCC(C)(O)C1CC23CCC1(OC)C1Oc4cc(O)cc5c4C12CCN(C)C3C5. The maximum atomic E-state index is 11.7. The van der Waals surface area contributed by atoms with E-state index in [-0.39, 0.29) is 22.9 Å². The molecule has 5 nitrogen and oxygen atoms in total. The van der Waals surface area contributed by atoms with Crippen LogP contribution in [0, 0.1) is 11.3 Å². The van der Waals surface area contributed by atoms with E-state index in [2.05, 4.69) is 18.9 Å². The third-order valence-corrected chi connectivity index (χ3v) is 10.1. The summed E-state index contributed by atoms with van der Waals surface area (Å²) >= 11 is 0. The zero-order chi connectivity index (χ0) is 21.1. The molecule has 1 aromatic rings. The maximum absolute atomic E-state index is 11.7. The number of likely N-dealkylation sites (tertiary alicyclic amines) is 1. The summed E-state index contributed by atoms with van der Waals surface area (Å²) in [5.41, 5.74) is 1.34. The van der Waals surface area contributed by atoms with Gasteiger partial charge in [-0.05, 0) is 70.7 Å². The predicted octanol–water partition coefficient (Wildman–Crippen LogP) is 3.39. The molecule has 4 bridgehead atoms. The van der Waals surface area contributed by atoms with Crippen molar-refractivity contribution in [3.8, 4) is 11.5 Å². The van der Waals surface area contributed by atoms with Crippen molar-refractivity contribution in [2.24, 2.45) is 11.3 Å². The van der Waals surface area contributed by atoms with E-state index in [1.165, 1.54) is 11.1 Å². The fourth-order valence-corrected chi connectivity index (χ4v) is 9.13. The highest BCUT2D eigenvalue weighted by Crippen LogP contribution is 2.77. The van der Waals surface area contributed by atoms with Crippen molar-refractivity contribution in [3.05, 3.63) is 23.3 Å². The largest absolute Gasteiger partial charge is 0.508 e. The van der Waals surface area contributed by atoms with E-state index >= 15 is 0 Å². The second-order valence-corrected chi connectivity index (χ2v) is 11.1. The summed E-state index contributed by atoms with van der Waals surface area (Å²) in [5, 5.41) is 22.1. The molecule has 1 aromatic carbocycles. The maximum Gasteiger partial charge on any atom is 0.138 e. The molecule has 0 amide bonds. The van der Waals surface area contributed by atoms with Crippen molar-refractivity contribution in [3.63, 3.8) is 0 Å². The fourth-order valence-electron chi connectivity index (χ4n) is 9.13. The molecule has 0 aromatic heterocycles. The van der Waals surface area contributed by atoms with Crippen LogP contribution in [-0.4, -0.2) is 59.2 Å². The lowest BCUT2D eigenvalue weighted by atomic mass is 9.33. The number of aromatic hydroxyl groups is 1. The first-order chi connectivity index (χ1) is 14.3. The number of piperidine rings is 1. The number of likely N-dealkylation sites (N-methyl/N-ethyl adjacent to an activating group) is 1. The van der Waals surface area contributed by atoms with Gasteiger partial charge in [0.1, 0.15) is 23.2 Å². The van der Waals surface area contributed by atoms with Crippen molar-refractivity contribution in [1.82, 2.24) is 4.90 Å². The number of hydrogen-bond donors (Lipinski definition) is 2. The van der Waals surface area contributed by atoms with Crippen molar-refractivity contribution in [1.29, 1.82) is 0 Å². The van der Waals surface area contributed by atoms with Crippen LogP contribution in [0.25, 0.3) is 0 Å². The molecule has 7 unspecified atom stereocenters. The highest BCUT2D eigenvalue weighted by atomic mass is 16.6. The minimum atomic E-state index is -0.785. The number of benzene rings is 1. The molecule has 2 N–H and O–H groups in total. The lowest BCUT2D eigenvalue weighted by Gasteiger charge is -2.74. The van der Waals surface area contributed by atoms with E-state index < -0.39 is 11.2 Å². The van der Waals surface area contributed by atoms with Gasteiger partial charge in [-0.3, -0.25) is 0 Å². The topological polar surface area (TPSA) is 62.2 Å². The molecule has 7 atom stereocenters. The fraction of sp³-hybridized carbons (Fsp3) is 0.760. The van der Waals surface area contributed by atoms with Gasteiger partial charge in [-0.2, -0.15) is 0 Å². The summed E-state index contributed by atoms with van der Waals surface area (Å²) < 4.78 is 13.3. The Labute approximate surface area is 179 Å². The first-order valence-corrected chi connectivity index (χ1v) is 11.8. The van der Waals surface area contributed by atoms with Gasteiger partial charge in [-0.15, -0.1) is 0 Å². The Morgan fingerprint density at radius 3 is 2.83 bits per heavy atom. The van der Waals surface area contributed by atoms with Crippen LogP contribution in [0.2, 0.25) is 0 Å². The summed E-state index contributed by atoms with van der Waals surface area (Å²) in [6, 6.07) is 4.20. The quantitative estimate of drug-likeness (QED) is 0.792. The van der Waals surface area contributed by atoms with Gasteiger partial charge in [0.15, 0.2) is 0 Å². The van der Waals surface area contributed by atoms with Crippen LogP contribution in [0.5, 0.6) is 11.5 Å². The Morgan fingerprint density at radius 1 is 1.30 bits per heavy atom. The Bertz CT molecular complexity index is 915. The second-order valence-electron chi connectivity index (χ2n) is 11.1. The molecule has 7 rings (SSSR count). The van der Waals surface area contributed by atoms with E-state index in [1.54, 1.807) is 0 Å². The Balaban J connectivity index is 1.63. The number of rotatable bonds is 4. The van der Waals surface area contributed by atoms with Crippen molar-refractivity contribution in [2.45, 2.75) is 87.6 Å². The van der Waals surface area contributed by atoms with E-state index in [4.69, 9.17) is 9.47 Å². The Hall–Kier alpha value is -1.30. The predicted molar refractivity (Wildman–Crippen MR) is 114 cm³/mol. The number of hydrogen-bond acceptors (Lipinski definition) is 5. The van der Waals surface area contributed by atoms with Crippen LogP contribution < -0.4 is 4.74 Å². The third-order valence-electron chi connectivity index (χ3n) is 10.1. The van der Waals surface area contributed by atoms with E-state index in [0.29, 0.717) is 11.8 Å². The molecule has 3 saturated carbocycles. The minimum Gasteiger partial charge on any atom is -0.508 e. The second kappa shape index (κ2) is 5.73. The molecule has 5 heteroatoms. The van der Waals surface area contributed by atoms with Crippen LogP contribution in [0.3, 0.4) is 0 Å². The Kier molecular flexibility index (Phi) is 3.70. The zero-order valence-corrected chi connectivity index (χ0v) is 18.7. The van der Waals surface area contributed by atoms with E-state index in [0.717, 1.165) is 57.2 Å². The number of methoxy groups -OCH3 is 1. The monoisotopic (exact) mass is 413 g/mol. The van der Waals surface area contributed by atoms with Crippen molar-refractivity contribution >= 4 is 0 Å². The van der Waals surface area contributed by atoms with E-state index in [9.17, 15) is 10.2 Å². The number of fused-ring (bicyclic) bond motifs is 2. The van der Waals surface area contributed by atoms with Crippen LogP contribution in [-0.2, 0) is 16.6 Å².